The molecule has 17 heavy (non-hydrogen) atoms. The van der Waals surface area contributed by atoms with E-state index in [0.29, 0.717) is 5.92 Å². The number of hydrogen-bond acceptors (Lipinski definition) is 2. The summed E-state index contributed by atoms with van der Waals surface area (Å²) in [6, 6.07) is -0.294. The minimum absolute atomic E-state index is 0.161. The topological polar surface area (TPSA) is 46.3 Å². The molecule has 0 aromatic rings. The number of hydrogen-bond donors (Lipinski definition) is 1. The average molecular weight is 240 g/mol. The zero-order valence-corrected chi connectivity index (χ0v) is 11.6. The maximum absolute atomic E-state index is 12.1. The van der Waals surface area contributed by atoms with E-state index in [9.17, 15) is 4.79 Å². The summed E-state index contributed by atoms with van der Waals surface area (Å²) in [5.74, 6) is 1.48. The van der Waals surface area contributed by atoms with E-state index in [0.717, 1.165) is 38.3 Å². The van der Waals surface area contributed by atoms with E-state index in [-0.39, 0.29) is 11.9 Å². The predicted octanol–water partition coefficient (Wildman–Crippen LogP) is 2.40. The van der Waals surface area contributed by atoms with Crippen molar-refractivity contribution in [1.29, 1.82) is 0 Å². The fraction of sp³-hybridized carbons (Fsp3) is 0.929. The van der Waals surface area contributed by atoms with Gasteiger partial charge in [-0.1, -0.05) is 33.6 Å². The van der Waals surface area contributed by atoms with E-state index in [1.165, 1.54) is 12.8 Å². The lowest BCUT2D eigenvalue weighted by Crippen LogP contribution is -2.47. The Balaban J connectivity index is 2.35. The van der Waals surface area contributed by atoms with E-state index in [1.807, 2.05) is 4.90 Å². The van der Waals surface area contributed by atoms with Crippen LogP contribution in [-0.2, 0) is 4.79 Å². The minimum Gasteiger partial charge on any atom is -0.341 e. The van der Waals surface area contributed by atoms with Crippen molar-refractivity contribution in [3.8, 4) is 0 Å². The van der Waals surface area contributed by atoms with Crippen LogP contribution in [0, 0.1) is 11.8 Å². The quantitative estimate of drug-likeness (QED) is 0.802. The Morgan fingerprint density at radius 2 is 1.94 bits per heavy atom. The monoisotopic (exact) mass is 240 g/mol. The number of carbonyl (C=O) groups is 1. The van der Waals surface area contributed by atoms with Crippen LogP contribution >= 0.6 is 0 Å². The second-order valence-corrected chi connectivity index (χ2v) is 5.79. The molecule has 2 N–H and O–H groups in total. The first-order valence-electron chi connectivity index (χ1n) is 7.09. The molecule has 1 aliphatic rings. The summed E-state index contributed by atoms with van der Waals surface area (Å²) in [4.78, 5) is 14.1. The highest BCUT2D eigenvalue weighted by molar-refractivity contribution is 5.81. The maximum atomic E-state index is 12.1. The maximum Gasteiger partial charge on any atom is 0.239 e. The number of rotatable bonds is 5. The van der Waals surface area contributed by atoms with Gasteiger partial charge in [0.05, 0.1) is 6.04 Å². The van der Waals surface area contributed by atoms with Crippen molar-refractivity contribution < 1.29 is 4.79 Å². The zero-order chi connectivity index (χ0) is 12.8. The van der Waals surface area contributed by atoms with Crippen molar-refractivity contribution in [2.75, 3.05) is 13.1 Å². The van der Waals surface area contributed by atoms with Gasteiger partial charge in [-0.05, 0) is 31.1 Å². The SMILES string of the molecule is CCCC1CCN(C(=O)[C@@H](N)CC(C)C)CC1. The standard InChI is InChI=1S/C14H28N2O/c1-4-5-12-6-8-16(9-7-12)14(17)13(15)10-11(2)3/h11-13H,4-10,15H2,1-3H3/t13-/m0/s1. The normalized spacial score (nSPS) is 19.7. The lowest BCUT2D eigenvalue weighted by atomic mass is 9.92. The summed E-state index contributed by atoms with van der Waals surface area (Å²) in [7, 11) is 0. The number of nitrogens with two attached hydrogens (primary N) is 1. The van der Waals surface area contributed by atoms with Crippen LogP contribution in [0.2, 0.25) is 0 Å². The van der Waals surface area contributed by atoms with Crippen LogP contribution in [0.25, 0.3) is 0 Å². The van der Waals surface area contributed by atoms with Gasteiger partial charge in [-0.15, -0.1) is 0 Å². The lowest BCUT2D eigenvalue weighted by molar-refractivity contribution is -0.134. The molecule has 1 fully saturated rings. The molecule has 0 radical (unpaired) electrons. The molecule has 100 valence electrons. The van der Waals surface area contributed by atoms with Gasteiger partial charge in [-0.2, -0.15) is 0 Å². The molecule has 1 saturated heterocycles. The summed E-state index contributed by atoms with van der Waals surface area (Å²) in [5, 5.41) is 0. The number of carbonyl (C=O) groups excluding carboxylic acids is 1. The number of amides is 1. The molecule has 3 nitrogen and oxygen atoms in total. The van der Waals surface area contributed by atoms with Gasteiger partial charge in [0.15, 0.2) is 0 Å². The minimum atomic E-state index is -0.294. The first-order chi connectivity index (χ1) is 8.04. The summed E-state index contributed by atoms with van der Waals surface area (Å²) >= 11 is 0. The van der Waals surface area contributed by atoms with Crippen LogP contribution in [0.5, 0.6) is 0 Å². The molecule has 1 rings (SSSR count). The molecule has 0 unspecified atom stereocenters. The van der Waals surface area contributed by atoms with E-state index >= 15 is 0 Å². The zero-order valence-electron chi connectivity index (χ0n) is 11.6. The van der Waals surface area contributed by atoms with E-state index in [4.69, 9.17) is 5.73 Å². The van der Waals surface area contributed by atoms with Gasteiger partial charge in [-0.25, -0.2) is 0 Å². The molecule has 1 atom stereocenters. The Hall–Kier alpha value is -0.570. The van der Waals surface area contributed by atoms with Crippen molar-refractivity contribution in [2.45, 2.75) is 58.9 Å². The van der Waals surface area contributed by atoms with Crippen LogP contribution in [0.3, 0.4) is 0 Å². The van der Waals surface area contributed by atoms with Crippen LogP contribution in [0.15, 0.2) is 0 Å². The van der Waals surface area contributed by atoms with Crippen molar-refractivity contribution in [3.63, 3.8) is 0 Å². The molecule has 1 aliphatic heterocycles. The molecule has 0 aliphatic carbocycles. The first-order valence-corrected chi connectivity index (χ1v) is 7.09. The van der Waals surface area contributed by atoms with Crippen LogP contribution in [-0.4, -0.2) is 29.9 Å². The third-order valence-electron chi connectivity index (χ3n) is 3.67. The summed E-state index contributed by atoms with van der Waals surface area (Å²) in [6.45, 7) is 8.28. The van der Waals surface area contributed by atoms with Gasteiger partial charge in [-0.3, -0.25) is 4.79 Å². The molecule has 1 heterocycles. The molecule has 0 aromatic carbocycles. The number of likely N-dealkylation sites (tertiary alicyclic amines) is 1. The van der Waals surface area contributed by atoms with Crippen molar-refractivity contribution in [1.82, 2.24) is 4.90 Å². The van der Waals surface area contributed by atoms with Crippen LogP contribution in [0.4, 0.5) is 0 Å². The van der Waals surface area contributed by atoms with Gasteiger partial charge in [0, 0.05) is 13.1 Å². The van der Waals surface area contributed by atoms with E-state index in [1.54, 1.807) is 0 Å². The fourth-order valence-electron chi connectivity index (χ4n) is 2.69. The number of piperidine rings is 1. The van der Waals surface area contributed by atoms with Crippen molar-refractivity contribution >= 4 is 5.91 Å². The average Bonchev–Trinajstić information content (AvgIpc) is 2.28. The van der Waals surface area contributed by atoms with Crippen molar-refractivity contribution in [2.24, 2.45) is 17.6 Å². The van der Waals surface area contributed by atoms with Crippen LogP contribution in [0.1, 0.15) is 52.9 Å². The fourth-order valence-corrected chi connectivity index (χ4v) is 2.69. The van der Waals surface area contributed by atoms with Crippen LogP contribution < -0.4 is 5.73 Å². The highest BCUT2D eigenvalue weighted by atomic mass is 16.2. The molecule has 0 bridgehead atoms. The molecular weight excluding hydrogens is 212 g/mol. The van der Waals surface area contributed by atoms with Gasteiger partial charge in [0.25, 0.3) is 0 Å². The number of nitrogens with zero attached hydrogens (tertiary/aromatic N) is 1. The third-order valence-corrected chi connectivity index (χ3v) is 3.67. The molecule has 3 heteroatoms. The van der Waals surface area contributed by atoms with E-state index in [2.05, 4.69) is 20.8 Å². The summed E-state index contributed by atoms with van der Waals surface area (Å²) in [5.41, 5.74) is 5.95. The molecular formula is C14H28N2O. The summed E-state index contributed by atoms with van der Waals surface area (Å²) < 4.78 is 0. The Labute approximate surface area is 106 Å². The Bertz CT molecular complexity index is 232. The first kappa shape index (κ1) is 14.5. The summed E-state index contributed by atoms with van der Waals surface area (Å²) in [6.07, 6.45) is 5.68. The Kier molecular flexibility index (Phi) is 5.96. The Morgan fingerprint density at radius 1 is 1.35 bits per heavy atom. The molecule has 0 spiro atoms. The third kappa shape index (κ3) is 4.66. The molecule has 1 amide bonds. The van der Waals surface area contributed by atoms with Gasteiger partial charge in [0.2, 0.25) is 5.91 Å². The molecule has 0 aromatic heterocycles. The smallest absolute Gasteiger partial charge is 0.239 e. The van der Waals surface area contributed by atoms with E-state index < -0.39 is 0 Å². The van der Waals surface area contributed by atoms with Gasteiger partial charge in [0.1, 0.15) is 0 Å². The van der Waals surface area contributed by atoms with Gasteiger partial charge < -0.3 is 10.6 Å². The Morgan fingerprint density at radius 3 is 2.41 bits per heavy atom. The largest absolute Gasteiger partial charge is 0.341 e. The predicted molar refractivity (Wildman–Crippen MR) is 71.6 cm³/mol. The highest BCUT2D eigenvalue weighted by Crippen LogP contribution is 2.22. The molecule has 0 saturated carbocycles. The van der Waals surface area contributed by atoms with Crippen molar-refractivity contribution in [3.05, 3.63) is 0 Å². The van der Waals surface area contributed by atoms with Gasteiger partial charge >= 0.3 is 0 Å². The lowest BCUT2D eigenvalue weighted by Gasteiger charge is -2.33. The second-order valence-electron chi connectivity index (χ2n) is 5.79. The highest BCUT2D eigenvalue weighted by Gasteiger charge is 2.26. The second kappa shape index (κ2) is 7.00.